The number of hydrogen-bond donors (Lipinski definition) is 0. The molecule has 0 aliphatic carbocycles. The first-order chi connectivity index (χ1) is 5.77. The van der Waals surface area contributed by atoms with Crippen LogP contribution in [0.25, 0.3) is 0 Å². The number of amides is 1. The quantitative estimate of drug-likeness (QED) is 0.649. The highest BCUT2D eigenvalue weighted by molar-refractivity contribution is 7.14. The zero-order chi connectivity index (χ0) is 8.55. The second-order valence-corrected chi connectivity index (χ2v) is 3.60. The predicted octanol–water partition coefficient (Wildman–Crippen LogP) is 1.86. The van der Waals surface area contributed by atoms with Gasteiger partial charge in [0, 0.05) is 5.71 Å². The summed E-state index contributed by atoms with van der Waals surface area (Å²) in [5.74, 6) is 0.0648. The van der Waals surface area contributed by atoms with Crippen LogP contribution in [0.1, 0.15) is 13.3 Å². The molecule has 1 aliphatic rings. The Bertz CT molecular complexity index is 329. The summed E-state index contributed by atoms with van der Waals surface area (Å²) in [6, 6.07) is 3.81. The van der Waals surface area contributed by atoms with E-state index in [4.69, 9.17) is 0 Å². The maximum atomic E-state index is 11.3. The summed E-state index contributed by atoms with van der Waals surface area (Å²) in [5.41, 5.74) is 0.883. The number of hydrazone groups is 1. The Balaban J connectivity index is 2.31. The molecule has 0 saturated heterocycles. The Morgan fingerprint density at radius 2 is 2.50 bits per heavy atom. The van der Waals surface area contributed by atoms with Crippen molar-refractivity contribution in [3.05, 3.63) is 17.5 Å². The van der Waals surface area contributed by atoms with Gasteiger partial charge in [-0.1, -0.05) is 0 Å². The summed E-state index contributed by atoms with van der Waals surface area (Å²) < 4.78 is 0. The minimum atomic E-state index is 0.0648. The van der Waals surface area contributed by atoms with Gasteiger partial charge in [-0.3, -0.25) is 4.79 Å². The van der Waals surface area contributed by atoms with Crippen molar-refractivity contribution in [2.75, 3.05) is 5.01 Å². The van der Waals surface area contributed by atoms with E-state index >= 15 is 0 Å². The molecular weight excluding hydrogens is 172 g/mol. The van der Waals surface area contributed by atoms with Crippen molar-refractivity contribution in [1.82, 2.24) is 0 Å². The molecule has 2 rings (SSSR count). The van der Waals surface area contributed by atoms with Gasteiger partial charge in [0.2, 0.25) is 0 Å². The van der Waals surface area contributed by atoms with Gasteiger partial charge in [-0.2, -0.15) is 10.1 Å². The Morgan fingerprint density at radius 1 is 1.67 bits per heavy atom. The summed E-state index contributed by atoms with van der Waals surface area (Å²) in [7, 11) is 0. The molecule has 62 valence electrons. The normalized spacial score (nSPS) is 16.9. The third-order valence-corrected chi connectivity index (χ3v) is 2.47. The van der Waals surface area contributed by atoms with Crippen LogP contribution in [0.15, 0.2) is 22.6 Å². The first kappa shape index (κ1) is 7.49. The number of thiophene rings is 1. The van der Waals surface area contributed by atoms with Crippen molar-refractivity contribution in [3.8, 4) is 0 Å². The van der Waals surface area contributed by atoms with Gasteiger partial charge < -0.3 is 0 Å². The van der Waals surface area contributed by atoms with Crippen LogP contribution in [-0.2, 0) is 4.79 Å². The van der Waals surface area contributed by atoms with Gasteiger partial charge in [0.05, 0.1) is 6.42 Å². The number of anilines is 1. The van der Waals surface area contributed by atoms with Gasteiger partial charge in [0.25, 0.3) is 5.91 Å². The molecule has 2 heterocycles. The van der Waals surface area contributed by atoms with Crippen LogP contribution in [0.5, 0.6) is 0 Å². The Kier molecular flexibility index (Phi) is 1.69. The summed E-state index contributed by atoms with van der Waals surface area (Å²) >= 11 is 1.52. The van der Waals surface area contributed by atoms with E-state index < -0.39 is 0 Å². The number of hydrogen-bond acceptors (Lipinski definition) is 3. The minimum absolute atomic E-state index is 0.0648. The van der Waals surface area contributed by atoms with E-state index in [2.05, 4.69) is 5.10 Å². The highest BCUT2D eigenvalue weighted by atomic mass is 32.1. The van der Waals surface area contributed by atoms with Gasteiger partial charge in [-0.05, 0) is 24.4 Å². The maximum absolute atomic E-state index is 11.3. The molecule has 1 amide bonds. The van der Waals surface area contributed by atoms with Gasteiger partial charge in [0.1, 0.15) is 5.00 Å². The fourth-order valence-electron chi connectivity index (χ4n) is 1.12. The van der Waals surface area contributed by atoms with E-state index in [1.54, 1.807) is 0 Å². The van der Waals surface area contributed by atoms with Crippen molar-refractivity contribution in [1.29, 1.82) is 0 Å². The minimum Gasteiger partial charge on any atom is -0.272 e. The highest BCUT2D eigenvalue weighted by Gasteiger charge is 2.22. The van der Waals surface area contributed by atoms with Gasteiger partial charge in [-0.25, -0.2) is 0 Å². The van der Waals surface area contributed by atoms with Crippen molar-refractivity contribution in [3.63, 3.8) is 0 Å². The molecule has 0 aromatic carbocycles. The highest BCUT2D eigenvalue weighted by Crippen LogP contribution is 2.25. The maximum Gasteiger partial charge on any atom is 0.253 e. The second kappa shape index (κ2) is 2.71. The smallest absolute Gasteiger partial charge is 0.253 e. The summed E-state index contributed by atoms with van der Waals surface area (Å²) in [6.45, 7) is 1.87. The van der Waals surface area contributed by atoms with Crippen LogP contribution in [0.4, 0.5) is 5.00 Å². The molecule has 1 aromatic heterocycles. The van der Waals surface area contributed by atoms with Gasteiger partial charge in [0.15, 0.2) is 0 Å². The molecule has 0 atom stereocenters. The predicted molar refractivity (Wildman–Crippen MR) is 49.5 cm³/mol. The number of rotatable bonds is 1. The van der Waals surface area contributed by atoms with E-state index in [9.17, 15) is 4.79 Å². The average Bonchev–Trinajstić information content (AvgIpc) is 2.58. The SMILES string of the molecule is CC1=NN(c2cccs2)C(=O)C1. The van der Waals surface area contributed by atoms with E-state index in [1.165, 1.54) is 16.3 Å². The first-order valence-corrected chi connectivity index (χ1v) is 4.56. The lowest BCUT2D eigenvalue weighted by molar-refractivity contribution is -0.116. The largest absolute Gasteiger partial charge is 0.272 e. The topological polar surface area (TPSA) is 32.7 Å². The molecular formula is C8H8N2OS. The lowest BCUT2D eigenvalue weighted by atomic mass is 10.3. The monoisotopic (exact) mass is 180 g/mol. The lowest BCUT2D eigenvalue weighted by Gasteiger charge is -2.06. The zero-order valence-corrected chi connectivity index (χ0v) is 7.47. The standard InChI is InChI=1S/C8H8N2OS/c1-6-5-7(11)10(9-6)8-3-2-4-12-8/h2-4H,5H2,1H3. The van der Waals surface area contributed by atoms with Crippen LogP contribution in [0.3, 0.4) is 0 Å². The molecule has 0 spiro atoms. The molecule has 0 radical (unpaired) electrons. The summed E-state index contributed by atoms with van der Waals surface area (Å²) in [4.78, 5) is 11.3. The van der Waals surface area contributed by atoms with Crippen molar-refractivity contribution >= 4 is 28.0 Å². The van der Waals surface area contributed by atoms with Crippen molar-refractivity contribution < 1.29 is 4.79 Å². The fraction of sp³-hybridized carbons (Fsp3) is 0.250. The molecule has 0 saturated carbocycles. The zero-order valence-electron chi connectivity index (χ0n) is 6.65. The molecule has 3 nitrogen and oxygen atoms in total. The molecule has 0 fully saturated rings. The van der Waals surface area contributed by atoms with Crippen molar-refractivity contribution in [2.45, 2.75) is 13.3 Å². The van der Waals surface area contributed by atoms with Crippen LogP contribution >= 0.6 is 11.3 Å². The molecule has 0 bridgehead atoms. The summed E-state index contributed by atoms with van der Waals surface area (Å²) in [6.07, 6.45) is 0.456. The van der Waals surface area contributed by atoms with Crippen LogP contribution in [0.2, 0.25) is 0 Å². The van der Waals surface area contributed by atoms with Crippen LogP contribution in [-0.4, -0.2) is 11.6 Å². The van der Waals surface area contributed by atoms with Crippen LogP contribution < -0.4 is 5.01 Å². The van der Waals surface area contributed by atoms with E-state index in [1.807, 2.05) is 24.4 Å². The van der Waals surface area contributed by atoms with Gasteiger partial charge >= 0.3 is 0 Å². The Hall–Kier alpha value is -1.16. The Labute approximate surface area is 74.3 Å². The fourth-order valence-corrected chi connectivity index (χ4v) is 1.81. The molecule has 1 aromatic rings. The van der Waals surface area contributed by atoms with E-state index in [0.717, 1.165) is 10.7 Å². The number of nitrogens with zero attached hydrogens (tertiary/aromatic N) is 2. The molecule has 1 aliphatic heterocycles. The number of carbonyl (C=O) groups excluding carboxylic acids is 1. The third-order valence-electron chi connectivity index (χ3n) is 1.63. The molecule has 4 heteroatoms. The van der Waals surface area contributed by atoms with Gasteiger partial charge in [-0.15, -0.1) is 11.3 Å². The number of carbonyl (C=O) groups is 1. The lowest BCUT2D eigenvalue weighted by Crippen LogP contribution is -2.18. The molecule has 0 unspecified atom stereocenters. The second-order valence-electron chi connectivity index (χ2n) is 2.67. The van der Waals surface area contributed by atoms with E-state index in [0.29, 0.717) is 6.42 Å². The molecule has 12 heavy (non-hydrogen) atoms. The van der Waals surface area contributed by atoms with Crippen LogP contribution in [0, 0.1) is 0 Å². The van der Waals surface area contributed by atoms with E-state index in [-0.39, 0.29) is 5.91 Å². The van der Waals surface area contributed by atoms with Crippen molar-refractivity contribution in [2.24, 2.45) is 5.10 Å². The Morgan fingerprint density at radius 3 is 3.00 bits per heavy atom. The molecule has 0 N–H and O–H groups in total. The third kappa shape index (κ3) is 1.14. The first-order valence-electron chi connectivity index (χ1n) is 3.68. The summed E-state index contributed by atoms with van der Waals surface area (Å²) in [5, 5.41) is 8.43. The average molecular weight is 180 g/mol.